The summed E-state index contributed by atoms with van der Waals surface area (Å²) in [6.45, 7) is 12.9. The number of hydrogen-bond donors (Lipinski definition) is 0. The Hall–Kier alpha value is -8.01. The van der Waals surface area contributed by atoms with Gasteiger partial charge in [-0.3, -0.25) is 0 Å². The van der Waals surface area contributed by atoms with Crippen molar-refractivity contribution < 1.29 is 0 Å². The van der Waals surface area contributed by atoms with Gasteiger partial charge in [-0.15, -0.1) is 0 Å². The van der Waals surface area contributed by atoms with Gasteiger partial charge in [0.15, 0.2) is 0 Å². The van der Waals surface area contributed by atoms with Crippen LogP contribution in [0.2, 0.25) is 0 Å². The second-order valence-electron chi connectivity index (χ2n) is 17.9. The van der Waals surface area contributed by atoms with Crippen molar-refractivity contribution in [1.29, 1.82) is 0 Å². The van der Waals surface area contributed by atoms with E-state index >= 15 is 0 Å². The largest absolute Gasteiger partial charge is 0.248 e. The van der Waals surface area contributed by atoms with Crippen molar-refractivity contribution in [2.75, 3.05) is 0 Å². The van der Waals surface area contributed by atoms with Crippen LogP contribution in [-0.4, -0.2) is 15.0 Å². The molecule has 0 saturated carbocycles. The molecule has 3 heteroatoms. The molecular weight excluding hydrogens is 799 g/mol. The number of hydrogen-bond acceptors (Lipinski definition) is 3. The highest BCUT2D eigenvalue weighted by Crippen LogP contribution is 2.39. The minimum atomic E-state index is 0.871. The second kappa shape index (κ2) is 17.9. The summed E-state index contributed by atoms with van der Waals surface area (Å²) < 4.78 is 0. The highest BCUT2D eigenvalue weighted by atomic mass is 14.7. The maximum absolute atomic E-state index is 5.51. The van der Waals surface area contributed by atoms with Crippen molar-refractivity contribution in [2.24, 2.45) is 0 Å². The summed E-state index contributed by atoms with van der Waals surface area (Å²) >= 11 is 0. The predicted molar refractivity (Wildman–Crippen MR) is 277 cm³/mol. The van der Waals surface area contributed by atoms with E-state index in [-0.39, 0.29) is 0 Å². The monoisotopic (exact) mass is 849 g/mol. The number of nitrogens with zero attached hydrogens (tertiary/aromatic N) is 3. The summed E-state index contributed by atoms with van der Waals surface area (Å²) in [5.74, 6) is 0. The molecule has 0 unspecified atom stereocenters. The van der Waals surface area contributed by atoms with E-state index in [1.807, 2.05) is 0 Å². The molecule has 318 valence electrons. The van der Waals surface area contributed by atoms with Crippen molar-refractivity contribution in [3.63, 3.8) is 0 Å². The highest BCUT2D eigenvalue weighted by Gasteiger charge is 2.18. The normalized spacial score (nSPS) is 11.2. The summed E-state index contributed by atoms with van der Waals surface area (Å²) in [6, 6.07) is 72.0. The third-order valence-electron chi connectivity index (χ3n) is 12.2. The van der Waals surface area contributed by atoms with Gasteiger partial charge in [-0.05, 0) is 166 Å². The quantitative estimate of drug-likeness (QED) is 0.145. The van der Waals surface area contributed by atoms with Gasteiger partial charge in [0.05, 0.1) is 34.2 Å². The van der Waals surface area contributed by atoms with Gasteiger partial charge < -0.3 is 0 Å². The lowest BCUT2D eigenvalue weighted by Crippen LogP contribution is -1.97. The molecule has 0 atom stereocenters. The fraction of sp³-hybridized carbons (Fsp3) is 0.0952. The molecule has 3 aromatic heterocycles. The molecule has 10 rings (SSSR count). The number of benzene rings is 7. The van der Waals surface area contributed by atoms with Gasteiger partial charge in [0.25, 0.3) is 0 Å². The molecule has 0 aliphatic heterocycles. The summed E-state index contributed by atoms with van der Waals surface area (Å²) in [7, 11) is 0. The van der Waals surface area contributed by atoms with E-state index in [4.69, 9.17) is 15.0 Å². The van der Waals surface area contributed by atoms with Gasteiger partial charge in [0, 0.05) is 33.4 Å². The van der Waals surface area contributed by atoms with E-state index in [1.165, 1.54) is 33.4 Å². The molecule has 0 amide bonds. The molecule has 0 radical (unpaired) electrons. The first kappa shape index (κ1) is 42.0. The molecule has 66 heavy (non-hydrogen) atoms. The fourth-order valence-electron chi connectivity index (χ4n) is 9.31. The van der Waals surface area contributed by atoms with Crippen molar-refractivity contribution in [3.8, 4) is 101 Å². The van der Waals surface area contributed by atoms with Crippen molar-refractivity contribution in [2.45, 2.75) is 41.5 Å². The minimum Gasteiger partial charge on any atom is -0.248 e. The van der Waals surface area contributed by atoms with Gasteiger partial charge in [-0.1, -0.05) is 143 Å². The SMILES string of the molecule is Cc1cc(C)cc(-c2cc(-c3ccccc3)cc(-c3cc(-c4cc(-c5ccccc5)cc(-c5cc(C)cc(C)c5)n4)cc(-c4cc(-c5ccccc5)cc(-c5cc(C)cc(C)c5)n4)c3)n2)c1. The molecule has 0 aliphatic carbocycles. The molecule has 3 heterocycles. The standard InChI is InChI=1S/C63H51N3/c1-40-22-41(2)26-52(25-40)58-34-49(46-16-10-7-11-17-46)37-61(64-58)55-31-56(62-38-50(47-18-12-8-13-19-47)35-59(65-62)53-27-42(3)23-43(4)28-53)33-57(32-55)63-39-51(48-20-14-9-15-21-48)36-60(66-63)54-29-44(5)24-45(6)30-54/h7-39H,1-6H3. The van der Waals surface area contributed by atoms with Crippen LogP contribution in [0.5, 0.6) is 0 Å². The molecule has 0 aliphatic rings. The van der Waals surface area contributed by atoms with E-state index in [9.17, 15) is 0 Å². The topological polar surface area (TPSA) is 38.7 Å². The van der Waals surface area contributed by atoms with E-state index in [0.717, 1.165) is 101 Å². The zero-order valence-corrected chi connectivity index (χ0v) is 38.4. The second-order valence-corrected chi connectivity index (χ2v) is 17.9. The fourth-order valence-corrected chi connectivity index (χ4v) is 9.31. The first-order valence-electron chi connectivity index (χ1n) is 22.7. The molecule has 0 bridgehead atoms. The van der Waals surface area contributed by atoms with E-state index in [1.54, 1.807) is 0 Å². The molecule has 10 aromatic rings. The Morgan fingerprint density at radius 2 is 0.379 bits per heavy atom. The molecule has 0 spiro atoms. The Labute approximate surface area is 389 Å². The third-order valence-corrected chi connectivity index (χ3v) is 12.2. The van der Waals surface area contributed by atoms with Gasteiger partial charge in [0.1, 0.15) is 0 Å². The average Bonchev–Trinajstić information content (AvgIpc) is 3.33. The van der Waals surface area contributed by atoms with Crippen molar-refractivity contribution in [3.05, 3.63) is 234 Å². The van der Waals surface area contributed by atoms with Crippen LogP contribution in [0.1, 0.15) is 33.4 Å². The van der Waals surface area contributed by atoms with Crippen LogP contribution in [0.25, 0.3) is 101 Å². The first-order chi connectivity index (χ1) is 32.1. The van der Waals surface area contributed by atoms with Crippen LogP contribution < -0.4 is 0 Å². The molecule has 0 N–H and O–H groups in total. The Balaban J connectivity index is 1.26. The van der Waals surface area contributed by atoms with Crippen LogP contribution in [0, 0.1) is 41.5 Å². The Kier molecular flexibility index (Phi) is 11.4. The molecule has 0 fully saturated rings. The van der Waals surface area contributed by atoms with Crippen LogP contribution in [-0.2, 0) is 0 Å². The van der Waals surface area contributed by atoms with Gasteiger partial charge >= 0.3 is 0 Å². The van der Waals surface area contributed by atoms with Crippen LogP contribution in [0.15, 0.2) is 200 Å². The van der Waals surface area contributed by atoms with E-state index in [2.05, 4.69) is 242 Å². The zero-order valence-electron chi connectivity index (χ0n) is 38.4. The van der Waals surface area contributed by atoms with Crippen molar-refractivity contribution in [1.82, 2.24) is 15.0 Å². The lowest BCUT2D eigenvalue weighted by atomic mass is 9.93. The van der Waals surface area contributed by atoms with Crippen molar-refractivity contribution >= 4 is 0 Å². The first-order valence-corrected chi connectivity index (χ1v) is 22.7. The highest BCUT2D eigenvalue weighted by molar-refractivity contribution is 5.86. The summed E-state index contributed by atoms with van der Waals surface area (Å²) in [5.41, 5.74) is 25.5. The van der Waals surface area contributed by atoms with Gasteiger partial charge in [-0.2, -0.15) is 0 Å². The van der Waals surface area contributed by atoms with E-state index in [0.29, 0.717) is 0 Å². The van der Waals surface area contributed by atoms with Crippen LogP contribution in [0.4, 0.5) is 0 Å². The van der Waals surface area contributed by atoms with Crippen LogP contribution >= 0.6 is 0 Å². The third kappa shape index (κ3) is 9.16. The average molecular weight is 850 g/mol. The lowest BCUT2D eigenvalue weighted by Gasteiger charge is -2.16. The minimum absolute atomic E-state index is 0.871. The predicted octanol–water partition coefficient (Wildman–Crippen LogP) is 16.7. The van der Waals surface area contributed by atoms with Gasteiger partial charge in [0.2, 0.25) is 0 Å². The van der Waals surface area contributed by atoms with E-state index < -0.39 is 0 Å². The Bertz CT molecular complexity index is 2970. The Morgan fingerprint density at radius 3 is 0.591 bits per heavy atom. The number of rotatable bonds is 9. The number of aromatic nitrogens is 3. The smallest absolute Gasteiger partial charge is 0.0716 e. The number of pyridine rings is 3. The Morgan fingerprint density at radius 1 is 0.182 bits per heavy atom. The van der Waals surface area contributed by atoms with Crippen LogP contribution in [0.3, 0.4) is 0 Å². The lowest BCUT2D eigenvalue weighted by molar-refractivity contribution is 1.28. The summed E-state index contributed by atoms with van der Waals surface area (Å²) in [4.78, 5) is 16.5. The number of aryl methyl sites for hydroxylation is 6. The summed E-state index contributed by atoms with van der Waals surface area (Å²) in [6.07, 6.45) is 0. The maximum Gasteiger partial charge on any atom is 0.0716 e. The zero-order chi connectivity index (χ0) is 45.3. The van der Waals surface area contributed by atoms with Gasteiger partial charge in [-0.25, -0.2) is 15.0 Å². The summed E-state index contributed by atoms with van der Waals surface area (Å²) in [5, 5.41) is 0. The molecule has 0 saturated heterocycles. The molecule has 3 nitrogen and oxygen atoms in total. The maximum atomic E-state index is 5.51. The molecule has 7 aromatic carbocycles. The molecular formula is C63H51N3.